The van der Waals surface area contributed by atoms with Gasteiger partial charge >= 0.3 is 0 Å². The van der Waals surface area contributed by atoms with Crippen LogP contribution in [0.5, 0.6) is 5.75 Å². The predicted molar refractivity (Wildman–Crippen MR) is 105 cm³/mol. The van der Waals surface area contributed by atoms with Crippen molar-refractivity contribution in [1.29, 1.82) is 0 Å². The maximum atomic E-state index is 9.32. The minimum Gasteiger partial charge on any atom is -0.491 e. The van der Waals surface area contributed by atoms with Crippen LogP contribution in [0.4, 0.5) is 17.6 Å². The van der Waals surface area contributed by atoms with Gasteiger partial charge in [-0.1, -0.05) is 35.3 Å². The first-order valence-corrected chi connectivity index (χ1v) is 8.68. The molecule has 0 saturated heterocycles. The van der Waals surface area contributed by atoms with Crippen LogP contribution in [0, 0.1) is 0 Å². The number of anilines is 3. The van der Waals surface area contributed by atoms with E-state index in [0.717, 1.165) is 5.56 Å². The molecule has 0 aliphatic rings. The van der Waals surface area contributed by atoms with Crippen LogP contribution in [0.15, 0.2) is 36.4 Å². The fourth-order valence-corrected chi connectivity index (χ4v) is 3.05. The summed E-state index contributed by atoms with van der Waals surface area (Å²) in [7, 11) is 0. The highest BCUT2D eigenvalue weighted by atomic mass is 35.5. The second-order valence-corrected chi connectivity index (χ2v) is 6.47. The van der Waals surface area contributed by atoms with Crippen molar-refractivity contribution in [2.45, 2.75) is 6.10 Å². The Morgan fingerprint density at radius 2 is 1.85 bits per heavy atom. The Balaban J connectivity index is 1.78. The minimum absolute atomic E-state index is 0.00344. The van der Waals surface area contributed by atoms with Crippen LogP contribution in [-0.2, 0) is 0 Å². The molecule has 0 aliphatic carbocycles. The number of aromatic nitrogens is 3. The van der Waals surface area contributed by atoms with Crippen molar-refractivity contribution >= 4 is 40.8 Å². The van der Waals surface area contributed by atoms with Crippen molar-refractivity contribution < 1.29 is 14.9 Å². The Kier molecular flexibility index (Phi) is 6.02. The molecule has 0 radical (unpaired) electrons. The molecule has 3 aromatic rings. The first-order valence-electron chi connectivity index (χ1n) is 7.92. The number of hydrogen-bond acceptors (Lipinski definition) is 7. The van der Waals surface area contributed by atoms with Gasteiger partial charge < -0.3 is 26.0 Å². The summed E-state index contributed by atoms with van der Waals surface area (Å²) in [6, 6.07) is 10.5. The van der Waals surface area contributed by atoms with E-state index in [1.807, 2.05) is 0 Å². The Labute approximate surface area is 164 Å². The number of nitrogens with zero attached hydrogens (tertiary/aromatic N) is 2. The van der Waals surface area contributed by atoms with E-state index in [9.17, 15) is 5.11 Å². The molecule has 1 atom stereocenters. The number of benzene rings is 2. The van der Waals surface area contributed by atoms with Crippen molar-refractivity contribution in [3.8, 4) is 16.9 Å². The molecule has 0 fully saturated rings. The summed E-state index contributed by atoms with van der Waals surface area (Å²) in [4.78, 5) is 3.96. The summed E-state index contributed by atoms with van der Waals surface area (Å²) in [6.07, 6.45) is -0.923. The lowest BCUT2D eigenvalue weighted by molar-refractivity contribution is 0.0536. The van der Waals surface area contributed by atoms with E-state index in [2.05, 4.69) is 20.5 Å². The maximum absolute atomic E-state index is 9.32. The Morgan fingerprint density at radius 1 is 1.19 bits per heavy atom. The van der Waals surface area contributed by atoms with Crippen molar-refractivity contribution in [3.63, 3.8) is 0 Å². The zero-order valence-corrected chi connectivity index (χ0v) is 15.5. The van der Waals surface area contributed by atoms with Crippen molar-refractivity contribution in [2.75, 3.05) is 24.3 Å². The van der Waals surface area contributed by atoms with Crippen molar-refractivity contribution in [1.82, 2.24) is 15.2 Å². The SMILES string of the molecule is Nc1nc(Nc2cc(Cl)c(-c3ccc(OCC(O)CO)cc3)c(Cl)c2)n[nH]1. The highest BCUT2D eigenvalue weighted by molar-refractivity contribution is 6.39. The molecule has 3 rings (SSSR count). The van der Waals surface area contributed by atoms with Gasteiger partial charge in [0, 0.05) is 11.3 Å². The van der Waals surface area contributed by atoms with E-state index in [-0.39, 0.29) is 19.2 Å². The molecule has 1 aromatic heterocycles. The van der Waals surface area contributed by atoms with Crippen LogP contribution in [-0.4, -0.2) is 44.7 Å². The maximum Gasteiger partial charge on any atom is 0.248 e. The molecule has 6 N–H and O–H groups in total. The Hall–Kier alpha value is -2.52. The number of aromatic amines is 1. The van der Waals surface area contributed by atoms with E-state index >= 15 is 0 Å². The van der Waals surface area contributed by atoms with Crippen LogP contribution in [0.25, 0.3) is 11.1 Å². The van der Waals surface area contributed by atoms with Crippen LogP contribution >= 0.6 is 23.2 Å². The summed E-state index contributed by atoms with van der Waals surface area (Å²) < 4.78 is 5.38. The molecule has 0 spiro atoms. The molecular formula is C17H17Cl2N5O3. The molecule has 0 amide bonds. The molecule has 0 bridgehead atoms. The second kappa shape index (κ2) is 8.45. The van der Waals surface area contributed by atoms with Crippen LogP contribution in [0.2, 0.25) is 10.0 Å². The lowest BCUT2D eigenvalue weighted by Crippen LogP contribution is -2.21. The smallest absolute Gasteiger partial charge is 0.248 e. The van der Waals surface area contributed by atoms with E-state index in [0.29, 0.717) is 33.0 Å². The second-order valence-electron chi connectivity index (χ2n) is 5.66. The van der Waals surface area contributed by atoms with Gasteiger partial charge in [0.15, 0.2) is 0 Å². The standard InChI is InChI=1S/C17H17Cl2N5O3/c18-13-5-10(21-17-22-16(20)23-24-17)6-14(19)15(13)9-1-3-12(4-2-9)27-8-11(26)7-25/h1-6,11,25-26H,7-8H2,(H4,20,21,22,23,24). The number of rotatable bonds is 7. The summed E-state index contributed by atoms with van der Waals surface area (Å²) in [6.45, 7) is -0.354. The van der Waals surface area contributed by atoms with E-state index < -0.39 is 6.10 Å². The molecular weight excluding hydrogens is 393 g/mol. The third-order valence-corrected chi connectivity index (χ3v) is 4.19. The number of nitrogens with two attached hydrogens (primary N) is 1. The zero-order chi connectivity index (χ0) is 19.4. The van der Waals surface area contributed by atoms with E-state index in [1.165, 1.54) is 0 Å². The largest absolute Gasteiger partial charge is 0.491 e. The Bertz CT molecular complexity index is 894. The molecule has 1 heterocycles. The Morgan fingerprint density at radius 3 is 2.41 bits per heavy atom. The zero-order valence-electron chi connectivity index (χ0n) is 14.0. The minimum atomic E-state index is -0.923. The third kappa shape index (κ3) is 4.81. The number of aliphatic hydroxyl groups excluding tert-OH is 2. The van der Waals surface area contributed by atoms with Gasteiger partial charge in [-0.3, -0.25) is 0 Å². The van der Waals surface area contributed by atoms with Gasteiger partial charge in [-0.15, -0.1) is 5.10 Å². The first-order chi connectivity index (χ1) is 13.0. The molecule has 0 saturated carbocycles. The highest BCUT2D eigenvalue weighted by Crippen LogP contribution is 2.38. The molecule has 8 nitrogen and oxygen atoms in total. The van der Waals surface area contributed by atoms with Gasteiger partial charge in [0.05, 0.1) is 16.7 Å². The fourth-order valence-electron chi connectivity index (χ4n) is 2.34. The number of nitrogens with one attached hydrogen (secondary N) is 2. The van der Waals surface area contributed by atoms with Gasteiger partial charge in [-0.2, -0.15) is 4.98 Å². The molecule has 27 heavy (non-hydrogen) atoms. The van der Waals surface area contributed by atoms with Crippen LogP contribution in [0.1, 0.15) is 0 Å². The number of halogens is 2. The number of H-pyrrole nitrogens is 1. The van der Waals surface area contributed by atoms with Crippen molar-refractivity contribution in [3.05, 3.63) is 46.4 Å². The number of nitrogen functional groups attached to an aromatic ring is 1. The normalized spacial score (nSPS) is 12.0. The van der Waals surface area contributed by atoms with Gasteiger partial charge in [0.1, 0.15) is 18.5 Å². The number of ether oxygens (including phenoxy) is 1. The van der Waals surface area contributed by atoms with Crippen LogP contribution < -0.4 is 15.8 Å². The summed E-state index contributed by atoms with van der Waals surface area (Å²) in [5, 5.41) is 28.4. The van der Waals surface area contributed by atoms with E-state index in [4.69, 9.17) is 38.8 Å². The molecule has 0 aliphatic heterocycles. The molecule has 10 heteroatoms. The summed E-state index contributed by atoms with van der Waals surface area (Å²) in [5.41, 5.74) is 7.58. The fraction of sp³-hybridized carbons (Fsp3) is 0.176. The highest BCUT2D eigenvalue weighted by Gasteiger charge is 2.12. The molecule has 2 aromatic carbocycles. The number of hydrogen-bond donors (Lipinski definition) is 5. The van der Waals surface area contributed by atoms with Gasteiger partial charge in [-0.25, -0.2) is 5.10 Å². The van der Waals surface area contributed by atoms with Gasteiger partial charge in [0.25, 0.3) is 0 Å². The summed E-state index contributed by atoms with van der Waals surface area (Å²) >= 11 is 12.8. The topological polar surface area (TPSA) is 129 Å². The third-order valence-electron chi connectivity index (χ3n) is 3.60. The first kappa shape index (κ1) is 19.2. The van der Waals surface area contributed by atoms with Gasteiger partial charge in [0.2, 0.25) is 11.9 Å². The quantitative estimate of drug-likeness (QED) is 0.405. The monoisotopic (exact) mass is 409 g/mol. The lowest BCUT2D eigenvalue weighted by atomic mass is 10.0. The predicted octanol–water partition coefficient (Wildman–Crippen LogP) is 2.84. The lowest BCUT2D eigenvalue weighted by Gasteiger charge is -2.13. The average molecular weight is 410 g/mol. The van der Waals surface area contributed by atoms with Crippen LogP contribution in [0.3, 0.4) is 0 Å². The molecule has 142 valence electrons. The average Bonchev–Trinajstić information content (AvgIpc) is 3.04. The summed E-state index contributed by atoms with van der Waals surface area (Å²) in [5.74, 6) is 1.05. The van der Waals surface area contributed by atoms with Gasteiger partial charge in [-0.05, 0) is 29.8 Å². The van der Waals surface area contributed by atoms with E-state index in [1.54, 1.807) is 36.4 Å². The number of aliphatic hydroxyl groups is 2. The van der Waals surface area contributed by atoms with Crippen molar-refractivity contribution in [2.24, 2.45) is 0 Å². The molecule has 1 unspecified atom stereocenters.